The van der Waals surface area contributed by atoms with Crippen molar-refractivity contribution in [2.75, 3.05) is 5.73 Å². The second-order valence-corrected chi connectivity index (χ2v) is 4.72. The van der Waals surface area contributed by atoms with Crippen LogP contribution in [0.4, 0.5) is 5.69 Å². The minimum absolute atomic E-state index is 0.0757. The predicted octanol–water partition coefficient (Wildman–Crippen LogP) is 1.62. The molecule has 5 N–H and O–H groups in total. The highest BCUT2D eigenvalue weighted by atomic mass is 16.5. The predicted molar refractivity (Wildman–Crippen MR) is 68.7 cm³/mol. The highest BCUT2D eigenvalue weighted by molar-refractivity contribution is 5.89. The van der Waals surface area contributed by atoms with Gasteiger partial charge in [0, 0.05) is 6.04 Å². The molecule has 1 aromatic carbocycles. The monoisotopic (exact) mass is 250 g/mol. The third-order valence-corrected chi connectivity index (χ3v) is 3.22. The molecule has 98 valence electrons. The van der Waals surface area contributed by atoms with Gasteiger partial charge < -0.3 is 21.3 Å². The summed E-state index contributed by atoms with van der Waals surface area (Å²) in [6.07, 6.45) is 3.95. The van der Waals surface area contributed by atoms with Crippen LogP contribution >= 0.6 is 0 Å². The maximum absolute atomic E-state index is 10.8. The van der Waals surface area contributed by atoms with E-state index in [1.54, 1.807) is 6.07 Å². The fraction of sp³-hybridized carbons (Fsp3) is 0.462. The van der Waals surface area contributed by atoms with Crippen molar-refractivity contribution in [3.63, 3.8) is 0 Å². The van der Waals surface area contributed by atoms with Crippen molar-refractivity contribution in [1.29, 1.82) is 0 Å². The number of hydrogen-bond acceptors (Lipinski definition) is 4. The number of rotatable bonds is 3. The molecule has 0 aliphatic heterocycles. The van der Waals surface area contributed by atoms with Crippen molar-refractivity contribution in [1.82, 2.24) is 0 Å². The van der Waals surface area contributed by atoms with Crippen molar-refractivity contribution in [2.24, 2.45) is 5.73 Å². The molecule has 18 heavy (non-hydrogen) atoms. The second kappa shape index (κ2) is 5.27. The minimum atomic E-state index is -0.993. The van der Waals surface area contributed by atoms with Crippen LogP contribution in [0, 0.1) is 0 Å². The molecule has 0 bridgehead atoms. The molecule has 0 spiro atoms. The fourth-order valence-corrected chi connectivity index (χ4v) is 2.26. The van der Waals surface area contributed by atoms with E-state index in [1.807, 2.05) is 0 Å². The molecule has 5 heteroatoms. The van der Waals surface area contributed by atoms with Gasteiger partial charge in [-0.3, -0.25) is 0 Å². The number of carboxylic acid groups (broad SMARTS) is 1. The van der Waals surface area contributed by atoms with Crippen LogP contribution in [0.2, 0.25) is 0 Å². The summed E-state index contributed by atoms with van der Waals surface area (Å²) in [6.45, 7) is 0. The fourth-order valence-electron chi connectivity index (χ4n) is 2.26. The molecule has 1 aromatic rings. The summed E-state index contributed by atoms with van der Waals surface area (Å²) in [5, 5.41) is 8.84. The second-order valence-electron chi connectivity index (χ2n) is 4.72. The highest BCUT2D eigenvalue weighted by Crippen LogP contribution is 2.28. The lowest BCUT2D eigenvalue weighted by Crippen LogP contribution is -2.33. The van der Waals surface area contributed by atoms with E-state index in [1.165, 1.54) is 12.1 Å². The van der Waals surface area contributed by atoms with E-state index in [9.17, 15) is 4.79 Å². The van der Waals surface area contributed by atoms with Gasteiger partial charge >= 0.3 is 5.97 Å². The summed E-state index contributed by atoms with van der Waals surface area (Å²) in [5.41, 5.74) is 12.2. The molecule has 1 aliphatic carbocycles. The van der Waals surface area contributed by atoms with E-state index < -0.39 is 5.97 Å². The van der Waals surface area contributed by atoms with E-state index in [-0.39, 0.29) is 17.7 Å². The number of carbonyl (C=O) groups is 1. The maximum Gasteiger partial charge on any atom is 0.335 e. The third-order valence-electron chi connectivity index (χ3n) is 3.22. The van der Waals surface area contributed by atoms with Gasteiger partial charge in [0.25, 0.3) is 0 Å². The average molecular weight is 250 g/mol. The number of benzene rings is 1. The zero-order chi connectivity index (χ0) is 13.1. The van der Waals surface area contributed by atoms with Gasteiger partial charge in [-0.2, -0.15) is 0 Å². The zero-order valence-electron chi connectivity index (χ0n) is 10.1. The highest BCUT2D eigenvalue weighted by Gasteiger charge is 2.21. The van der Waals surface area contributed by atoms with Gasteiger partial charge in [-0.25, -0.2) is 4.79 Å². The number of hydrogen-bond donors (Lipinski definition) is 3. The Balaban J connectivity index is 2.07. The molecule has 2 unspecified atom stereocenters. The minimum Gasteiger partial charge on any atom is -0.488 e. The molecular formula is C13H18N2O3. The van der Waals surface area contributed by atoms with E-state index in [0.29, 0.717) is 11.4 Å². The lowest BCUT2D eigenvalue weighted by atomic mass is 9.93. The first-order chi connectivity index (χ1) is 8.56. The molecule has 0 saturated heterocycles. The van der Waals surface area contributed by atoms with Crippen LogP contribution in [0.15, 0.2) is 18.2 Å². The summed E-state index contributed by atoms with van der Waals surface area (Å²) < 4.78 is 5.79. The standard InChI is InChI=1S/C13H18N2O3/c14-9-2-1-3-10(7-9)18-12-5-4-8(13(16)17)6-11(12)15/h4-6,9-10H,1-3,7,14-15H2,(H,16,17). The zero-order valence-corrected chi connectivity index (χ0v) is 10.1. The van der Waals surface area contributed by atoms with Crippen molar-refractivity contribution in [2.45, 2.75) is 37.8 Å². The summed E-state index contributed by atoms with van der Waals surface area (Å²) in [4.78, 5) is 10.8. The van der Waals surface area contributed by atoms with Gasteiger partial charge in [0.15, 0.2) is 0 Å². The van der Waals surface area contributed by atoms with Gasteiger partial charge in [-0.15, -0.1) is 0 Å². The Hall–Kier alpha value is -1.75. The van der Waals surface area contributed by atoms with Gasteiger partial charge in [-0.05, 0) is 43.9 Å². The van der Waals surface area contributed by atoms with Crippen molar-refractivity contribution < 1.29 is 14.6 Å². The van der Waals surface area contributed by atoms with Gasteiger partial charge in [-0.1, -0.05) is 0 Å². The van der Waals surface area contributed by atoms with E-state index in [0.717, 1.165) is 25.7 Å². The van der Waals surface area contributed by atoms with Gasteiger partial charge in [0.2, 0.25) is 0 Å². The van der Waals surface area contributed by atoms with Crippen LogP contribution in [0.1, 0.15) is 36.0 Å². The average Bonchev–Trinajstić information content (AvgIpc) is 2.31. The van der Waals surface area contributed by atoms with Crippen LogP contribution in [0.3, 0.4) is 0 Å². The maximum atomic E-state index is 10.8. The molecule has 1 aliphatic rings. The summed E-state index contributed by atoms with van der Waals surface area (Å²) in [7, 11) is 0. The molecule has 0 aromatic heterocycles. The van der Waals surface area contributed by atoms with Crippen LogP contribution in [0.25, 0.3) is 0 Å². The first-order valence-corrected chi connectivity index (χ1v) is 6.11. The van der Waals surface area contributed by atoms with E-state index in [2.05, 4.69) is 0 Å². The smallest absolute Gasteiger partial charge is 0.335 e. The number of nitrogens with two attached hydrogens (primary N) is 2. The Bertz CT molecular complexity index is 448. The van der Waals surface area contributed by atoms with Gasteiger partial charge in [0.1, 0.15) is 11.9 Å². The number of ether oxygens (including phenoxy) is 1. The summed E-state index contributed by atoms with van der Waals surface area (Å²) >= 11 is 0. The van der Waals surface area contributed by atoms with Crippen LogP contribution in [-0.2, 0) is 0 Å². The Labute approximate surface area is 106 Å². The SMILES string of the molecule is Nc1cc(C(=O)O)ccc1OC1CCCC(N)C1. The third kappa shape index (κ3) is 2.92. The quantitative estimate of drug-likeness (QED) is 0.708. The van der Waals surface area contributed by atoms with Crippen molar-refractivity contribution >= 4 is 11.7 Å². The topological polar surface area (TPSA) is 98.6 Å². The largest absolute Gasteiger partial charge is 0.488 e. The summed E-state index contributed by atoms with van der Waals surface area (Å²) in [5.74, 6) is -0.452. The number of anilines is 1. The Morgan fingerprint density at radius 3 is 2.78 bits per heavy atom. The molecule has 1 fully saturated rings. The first-order valence-electron chi connectivity index (χ1n) is 6.11. The Kier molecular flexibility index (Phi) is 3.72. The van der Waals surface area contributed by atoms with Crippen LogP contribution in [0.5, 0.6) is 5.75 Å². The molecule has 0 radical (unpaired) electrons. The number of carboxylic acids is 1. The van der Waals surface area contributed by atoms with Gasteiger partial charge in [0.05, 0.1) is 11.3 Å². The summed E-state index contributed by atoms with van der Waals surface area (Å²) in [6, 6.07) is 4.71. The van der Waals surface area contributed by atoms with Crippen molar-refractivity contribution in [3.8, 4) is 5.75 Å². The molecule has 0 amide bonds. The molecule has 0 heterocycles. The molecular weight excluding hydrogens is 232 g/mol. The van der Waals surface area contributed by atoms with Crippen molar-refractivity contribution in [3.05, 3.63) is 23.8 Å². The first kappa shape index (κ1) is 12.7. The van der Waals surface area contributed by atoms with E-state index in [4.69, 9.17) is 21.3 Å². The number of nitrogen functional groups attached to an aromatic ring is 1. The van der Waals surface area contributed by atoms with Crippen LogP contribution < -0.4 is 16.2 Å². The Morgan fingerprint density at radius 1 is 1.39 bits per heavy atom. The lowest BCUT2D eigenvalue weighted by molar-refractivity contribution is 0.0697. The number of aromatic carboxylic acids is 1. The normalized spacial score (nSPS) is 23.6. The molecule has 1 saturated carbocycles. The molecule has 5 nitrogen and oxygen atoms in total. The molecule has 2 atom stereocenters. The lowest BCUT2D eigenvalue weighted by Gasteiger charge is -2.27. The molecule has 2 rings (SSSR count). The van der Waals surface area contributed by atoms with E-state index >= 15 is 0 Å². The van der Waals surface area contributed by atoms with Crippen LogP contribution in [-0.4, -0.2) is 23.2 Å². The Morgan fingerprint density at radius 2 is 2.17 bits per heavy atom.